The average molecular weight is 459 g/mol. The molecule has 0 spiro atoms. The second-order valence-electron chi connectivity index (χ2n) is 8.59. The van der Waals surface area contributed by atoms with E-state index in [1.807, 2.05) is 54.3 Å². The molecule has 34 heavy (non-hydrogen) atoms. The highest BCUT2D eigenvalue weighted by Gasteiger charge is 2.23. The third kappa shape index (κ3) is 5.87. The number of nitrogens with zero attached hydrogens (tertiary/aromatic N) is 4. The maximum Gasteiger partial charge on any atom is 0.246 e. The highest BCUT2D eigenvalue weighted by molar-refractivity contribution is 5.91. The van der Waals surface area contributed by atoms with Gasteiger partial charge in [-0.25, -0.2) is 14.4 Å². The lowest BCUT2D eigenvalue weighted by Gasteiger charge is -2.26. The summed E-state index contributed by atoms with van der Waals surface area (Å²) in [6.45, 7) is 6.84. The summed E-state index contributed by atoms with van der Waals surface area (Å²) in [6.07, 6.45) is 5.74. The second kappa shape index (κ2) is 11.1. The normalized spacial score (nSPS) is 14.4. The van der Waals surface area contributed by atoms with Gasteiger partial charge >= 0.3 is 0 Å². The highest BCUT2D eigenvalue weighted by atomic mass is 19.1. The van der Waals surface area contributed by atoms with Crippen LogP contribution >= 0.6 is 0 Å². The van der Waals surface area contributed by atoms with Crippen LogP contribution in [0.3, 0.4) is 0 Å². The molecule has 1 aliphatic rings. The maximum atomic E-state index is 13.8. The second-order valence-corrected chi connectivity index (χ2v) is 8.59. The Hall–Kier alpha value is -3.54. The summed E-state index contributed by atoms with van der Waals surface area (Å²) < 4.78 is 13.8. The lowest BCUT2D eigenvalue weighted by molar-refractivity contribution is -0.125. The fraction of sp³-hybridized carbons (Fsp3) is 0.321. The number of aryl methyl sites for hydroxylation is 2. The number of hydrogen-bond acceptors (Lipinski definition) is 4. The van der Waals surface area contributed by atoms with Crippen molar-refractivity contribution in [2.24, 2.45) is 0 Å². The molecule has 1 amide bonds. The molecule has 0 N–H and O–H groups in total. The first-order valence-corrected chi connectivity index (χ1v) is 11.9. The zero-order valence-corrected chi connectivity index (χ0v) is 19.9. The van der Waals surface area contributed by atoms with Crippen molar-refractivity contribution in [3.63, 3.8) is 0 Å². The molecule has 2 aromatic carbocycles. The smallest absolute Gasteiger partial charge is 0.246 e. The molecule has 2 heterocycles. The number of anilines is 1. The number of hydrogen-bond donors (Lipinski definition) is 0. The van der Waals surface area contributed by atoms with Crippen LogP contribution in [-0.2, 0) is 17.6 Å². The first kappa shape index (κ1) is 23.6. The largest absolute Gasteiger partial charge is 0.354 e. The van der Waals surface area contributed by atoms with E-state index in [0.29, 0.717) is 26.1 Å². The van der Waals surface area contributed by atoms with E-state index < -0.39 is 0 Å². The monoisotopic (exact) mass is 458 g/mol. The van der Waals surface area contributed by atoms with Crippen molar-refractivity contribution in [2.75, 3.05) is 31.1 Å². The Morgan fingerprint density at radius 1 is 1.03 bits per heavy atom. The molecule has 0 atom stereocenters. The summed E-state index contributed by atoms with van der Waals surface area (Å²) in [5.41, 5.74) is 3.95. The fourth-order valence-electron chi connectivity index (χ4n) is 4.41. The third-order valence-corrected chi connectivity index (χ3v) is 6.11. The summed E-state index contributed by atoms with van der Waals surface area (Å²) in [5, 5.41) is 0. The van der Waals surface area contributed by atoms with E-state index in [0.717, 1.165) is 53.4 Å². The van der Waals surface area contributed by atoms with Gasteiger partial charge in [0.15, 0.2) is 0 Å². The van der Waals surface area contributed by atoms with Gasteiger partial charge in [0.2, 0.25) is 5.91 Å². The molecule has 0 unspecified atom stereocenters. The van der Waals surface area contributed by atoms with Crippen LogP contribution in [0.4, 0.5) is 10.2 Å². The molecule has 3 aromatic rings. The first-order valence-electron chi connectivity index (χ1n) is 11.9. The third-order valence-electron chi connectivity index (χ3n) is 6.11. The Balaban J connectivity index is 1.53. The number of aromatic nitrogens is 2. The lowest BCUT2D eigenvalue weighted by Crippen LogP contribution is -2.35. The van der Waals surface area contributed by atoms with Crippen LogP contribution in [0.25, 0.3) is 6.08 Å². The minimum atomic E-state index is -0.238. The van der Waals surface area contributed by atoms with Crippen LogP contribution in [0.1, 0.15) is 41.6 Å². The molecule has 0 bridgehead atoms. The predicted molar refractivity (Wildman–Crippen MR) is 134 cm³/mol. The van der Waals surface area contributed by atoms with Crippen molar-refractivity contribution in [3.8, 4) is 0 Å². The lowest BCUT2D eigenvalue weighted by atomic mass is 10.0. The van der Waals surface area contributed by atoms with Crippen LogP contribution in [-0.4, -0.2) is 47.0 Å². The average Bonchev–Trinajstić information content (AvgIpc) is 3.10. The Kier molecular flexibility index (Phi) is 7.68. The van der Waals surface area contributed by atoms with Crippen LogP contribution in [0, 0.1) is 12.7 Å². The molecule has 6 heteroatoms. The van der Waals surface area contributed by atoms with E-state index in [1.165, 1.54) is 6.07 Å². The molecular weight excluding hydrogens is 427 g/mol. The van der Waals surface area contributed by atoms with Gasteiger partial charge in [0.05, 0.1) is 0 Å². The van der Waals surface area contributed by atoms with Crippen LogP contribution in [0.2, 0.25) is 0 Å². The van der Waals surface area contributed by atoms with Crippen molar-refractivity contribution in [1.82, 2.24) is 14.9 Å². The predicted octanol–water partition coefficient (Wildman–Crippen LogP) is 4.83. The van der Waals surface area contributed by atoms with Gasteiger partial charge < -0.3 is 9.80 Å². The summed E-state index contributed by atoms with van der Waals surface area (Å²) in [5.74, 6) is 1.43. The molecule has 0 saturated carbocycles. The molecule has 0 radical (unpaired) electrons. The Labute approximate surface area is 201 Å². The summed E-state index contributed by atoms with van der Waals surface area (Å²) >= 11 is 0. The van der Waals surface area contributed by atoms with Gasteiger partial charge in [-0.2, -0.15) is 0 Å². The van der Waals surface area contributed by atoms with Crippen molar-refractivity contribution in [2.45, 2.75) is 33.1 Å². The first-order chi connectivity index (χ1) is 16.5. The van der Waals surface area contributed by atoms with Crippen LogP contribution in [0.15, 0.2) is 60.7 Å². The van der Waals surface area contributed by atoms with E-state index in [9.17, 15) is 9.18 Å². The van der Waals surface area contributed by atoms with Gasteiger partial charge in [0.25, 0.3) is 0 Å². The van der Waals surface area contributed by atoms with E-state index in [1.54, 1.807) is 18.2 Å². The summed E-state index contributed by atoms with van der Waals surface area (Å²) in [4.78, 5) is 26.5. The molecule has 176 valence electrons. The molecule has 5 nitrogen and oxygen atoms in total. The van der Waals surface area contributed by atoms with Crippen LogP contribution in [0.5, 0.6) is 0 Å². The Morgan fingerprint density at radius 3 is 2.62 bits per heavy atom. The van der Waals surface area contributed by atoms with Gasteiger partial charge in [-0.15, -0.1) is 0 Å². The standard InChI is InChI=1S/C28H31FN4O/c1-3-26-25(20-23-11-7-12-24(29)19-23)28(31-21(2)30-26)33-16-8-15-32(17-18-33)27(34)14-13-22-9-5-4-6-10-22/h4-7,9-14,19H,3,8,15-18,20H2,1-2H3/b14-13+. The highest BCUT2D eigenvalue weighted by Crippen LogP contribution is 2.26. The quantitative estimate of drug-likeness (QED) is 0.497. The van der Waals surface area contributed by atoms with Gasteiger partial charge in [0.1, 0.15) is 17.5 Å². The van der Waals surface area contributed by atoms with Gasteiger partial charge in [-0.05, 0) is 49.1 Å². The fourth-order valence-corrected chi connectivity index (χ4v) is 4.41. The van der Waals surface area contributed by atoms with Gasteiger partial charge in [-0.1, -0.05) is 49.4 Å². The molecule has 0 aliphatic carbocycles. The van der Waals surface area contributed by atoms with Crippen molar-refractivity contribution < 1.29 is 9.18 Å². The minimum Gasteiger partial charge on any atom is -0.354 e. The van der Waals surface area contributed by atoms with Crippen molar-refractivity contribution in [1.29, 1.82) is 0 Å². The number of carbonyl (C=O) groups is 1. The number of amides is 1. The molecular formula is C28H31FN4O. The van der Waals surface area contributed by atoms with E-state index in [-0.39, 0.29) is 11.7 Å². The topological polar surface area (TPSA) is 49.3 Å². The summed E-state index contributed by atoms with van der Waals surface area (Å²) in [7, 11) is 0. The minimum absolute atomic E-state index is 0.0267. The van der Waals surface area contributed by atoms with E-state index in [4.69, 9.17) is 4.98 Å². The van der Waals surface area contributed by atoms with Crippen molar-refractivity contribution in [3.05, 3.63) is 94.7 Å². The zero-order valence-electron chi connectivity index (χ0n) is 19.9. The van der Waals surface area contributed by atoms with E-state index >= 15 is 0 Å². The molecule has 1 aliphatic heterocycles. The number of rotatable bonds is 6. The maximum absolute atomic E-state index is 13.8. The Bertz CT molecular complexity index is 1160. The number of carbonyl (C=O) groups excluding carboxylic acids is 1. The number of halogens is 1. The van der Waals surface area contributed by atoms with Gasteiger partial charge in [-0.3, -0.25) is 4.79 Å². The SMILES string of the molecule is CCc1nc(C)nc(N2CCCN(C(=O)/C=C/c3ccccc3)CC2)c1Cc1cccc(F)c1. The van der Waals surface area contributed by atoms with Crippen LogP contribution < -0.4 is 4.90 Å². The zero-order chi connectivity index (χ0) is 23.9. The Morgan fingerprint density at radius 2 is 1.85 bits per heavy atom. The molecule has 1 fully saturated rings. The number of benzene rings is 2. The molecule has 1 saturated heterocycles. The summed E-state index contributed by atoms with van der Waals surface area (Å²) in [6, 6.07) is 16.6. The molecule has 1 aromatic heterocycles. The van der Waals surface area contributed by atoms with E-state index in [2.05, 4.69) is 16.8 Å². The van der Waals surface area contributed by atoms with Gasteiger partial charge in [0, 0.05) is 49.9 Å². The molecule has 4 rings (SSSR count). The van der Waals surface area contributed by atoms with Crippen molar-refractivity contribution >= 4 is 17.8 Å².